The van der Waals surface area contributed by atoms with Gasteiger partial charge in [0.2, 0.25) is 0 Å². The molecule has 21 heavy (non-hydrogen) atoms. The van der Waals surface area contributed by atoms with Crippen molar-refractivity contribution < 1.29 is 9.90 Å². The molecule has 102 valence electrons. The summed E-state index contributed by atoms with van der Waals surface area (Å²) >= 11 is 0. The SMILES string of the molecule is Cc1ccc2c(c1)cc(-c1ccc(C#N)cc1)n2C(=O)O. The van der Waals surface area contributed by atoms with Gasteiger partial charge < -0.3 is 5.11 Å². The van der Waals surface area contributed by atoms with Crippen LogP contribution in [-0.2, 0) is 0 Å². The van der Waals surface area contributed by atoms with Crippen LogP contribution in [0.5, 0.6) is 0 Å². The highest BCUT2D eigenvalue weighted by Crippen LogP contribution is 2.29. The Labute approximate surface area is 121 Å². The summed E-state index contributed by atoms with van der Waals surface area (Å²) in [4.78, 5) is 11.6. The van der Waals surface area contributed by atoms with Crippen LogP contribution in [0.1, 0.15) is 11.1 Å². The largest absolute Gasteiger partial charge is 0.464 e. The van der Waals surface area contributed by atoms with Crippen LogP contribution < -0.4 is 0 Å². The van der Waals surface area contributed by atoms with E-state index in [9.17, 15) is 9.90 Å². The number of rotatable bonds is 1. The summed E-state index contributed by atoms with van der Waals surface area (Å²) in [7, 11) is 0. The fourth-order valence-electron chi connectivity index (χ4n) is 2.47. The quantitative estimate of drug-likeness (QED) is 0.730. The molecule has 0 amide bonds. The smallest absolute Gasteiger partial charge is 0.416 e. The Bertz CT molecular complexity index is 884. The fraction of sp³-hybridized carbons (Fsp3) is 0.0588. The molecule has 0 fully saturated rings. The molecule has 0 aliphatic carbocycles. The summed E-state index contributed by atoms with van der Waals surface area (Å²) in [5.74, 6) is 0. The molecule has 1 aromatic heterocycles. The average molecular weight is 276 g/mol. The van der Waals surface area contributed by atoms with E-state index >= 15 is 0 Å². The molecule has 3 aromatic rings. The average Bonchev–Trinajstić information content (AvgIpc) is 2.85. The molecule has 0 atom stereocenters. The Morgan fingerprint density at radius 1 is 1.14 bits per heavy atom. The lowest BCUT2D eigenvalue weighted by Gasteiger charge is -2.05. The maximum absolute atomic E-state index is 11.6. The zero-order valence-corrected chi connectivity index (χ0v) is 11.4. The molecular weight excluding hydrogens is 264 g/mol. The molecule has 0 aliphatic rings. The second kappa shape index (κ2) is 4.80. The Hall–Kier alpha value is -3.06. The molecule has 0 bridgehead atoms. The van der Waals surface area contributed by atoms with Crippen molar-refractivity contribution in [3.8, 4) is 17.3 Å². The van der Waals surface area contributed by atoms with Gasteiger partial charge in [-0.3, -0.25) is 0 Å². The van der Waals surface area contributed by atoms with Crippen molar-refractivity contribution in [3.63, 3.8) is 0 Å². The van der Waals surface area contributed by atoms with Crippen LogP contribution in [-0.4, -0.2) is 15.8 Å². The van der Waals surface area contributed by atoms with Crippen LogP contribution in [0.15, 0.2) is 48.5 Å². The number of hydrogen-bond acceptors (Lipinski definition) is 2. The molecule has 2 aromatic carbocycles. The minimum atomic E-state index is -1.02. The van der Waals surface area contributed by atoms with Gasteiger partial charge in [-0.15, -0.1) is 0 Å². The van der Waals surface area contributed by atoms with Crippen molar-refractivity contribution >= 4 is 17.0 Å². The van der Waals surface area contributed by atoms with Crippen LogP contribution >= 0.6 is 0 Å². The molecule has 3 rings (SSSR count). The van der Waals surface area contributed by atoms with Crippen LogP contribution in [0.4, 0.5) is 4.79 Å². The van der Waals surface area contributed by atoms with Gasteiger partial charge in [-0.1, -0.05) is 23.8 Å². The van der Waals surface area contributed by atoms with Gasteiger partial charge in [-0.05, 0) is 42.8 Å². The Kier molecular flexibility index (Phi) is 2.96. The van der Waals surface area contributed by atoms with Gasteiger partial charge in [0.25, 0.3) is 0 Å². The summed E-state index contributed by atoms with van der Waals surface area (Å²) in [6.45, 7) is 1.97. The topological polar surface area (TPSA) is 66.0 Å². The van der Waals surface area contributed by atoms with Crippen molar-refractivity contribution in [2.45, 2.75) is 6.92 Å². The Balaban J connectivity index is 2.28. The first kappa shape index (κ1) is 12.9. The highest BCUT2D eigenvalue weighted by atomic mass is 16.4. The second-order valence-corrected chi connectivity index (χ2v) is 4.90. The number of fused-ring (bicyclic) bond motifs is 1. The standard InChI is InChI=1S/C17H12N2O2/c1-11-2-7-15-14(8-11)9-16(19(15)17(20)21)13-5-3-12(10-18)4-6-13/h2-9H,1H3,(H,20,21). The highest BCUT2D eigenvalue weighted by molar-refractivity contribution is 5.95. The van der Waals surface area contributed by atoms with E-state index in [2.05, 4.69) is 6.07 Å². The second-order valence-electron chi connectivity index (χ2n) is 4.90. The zero-order chi connectivity index (χ0) is 15.0. The molecule has 0 radical (unpaired) electrons. The molecule has 0 unspecified atom stereocenters. The number of nitrogens with zero attached hydrogens (tertiary/aromatic N) is 2. The van der Waals surface area contributed by atoms with Crippen molar-refractivity contribution in [2.75, 3.05) is 0 Å². The van der Waals surface area contributed by atoms with Crippen molar-refractivity contribution in [1.29, 1.82) is 5.26 Å². The maximum atomic E-state index is 11.6. The molecule has 0 saturated carbocycles. The number of aryl methyl sites for hydroxylation is 1. The summed E-state index contributed by atoms with van der Waals surface area (Å²) in [5.41, 5.74) is 3.66. The van der Waals surface area contributed by atoms with Gasteiger partial charge >= 0.3 is 6.09 Å². The van der Waals surface area contributed by atoms with E-state index in [1.54, 1.807) is 24.3 Å². The third-order valence-corrected chi connectivity index (χ3v) is 3.46. The lowest BCUT2D eigenvalue weighted by atomic mass is 10.1. The van der Waals surface area contributed by atoms with E-state index in [4.69, 9.17) is 5.26 Å². The predicted molar refractivity (Wildman–Crippen MR) is 80.2 cm³/mol. The van der Waals surface area contributed by atoms with Crippen molar-refractivity contribution in [2.24, 2.45) is 0 Å². The summed E-state index contributed by atoms with van der Waals surface area (Å²) < 4.78 is 1.27. The van der Waals surface area contributed by atoms with Gasteiger partial charge in [-0.2, -0.15) is 5.26 Å². The van der Waals surface area contributed by atoms with Crippen LogP contribution in [0.3, 0.4) is 0 Å². The third kappa shape index (κ3) is 2.15. The zero-order valence-electron chi connectivity index (χ0n) is 11.4. The molecule has 0 aliphatic heterocycles. The summed E-state index contributed by atoms with van der Waals surface area (Å²) in [6, 6.07) is 16.5. The third-order valence-electron chi connectivity index (χ3n) is 3.46. The Morgan fingerprint density at radius 2 is 1.86 bits per heavy atom. The molecule has 0 spiro atoms. The van der Waals surface area contributed by atoms with Crippen LogP contribution in [0.2, 0.25) is 0 Å². The number of carbonyl (C=O) groups is 1. The fourth-order valence-corrected chi connectivity index (χ4v) is 2.47. The van der Waals surface area contributed by atoms with E-state index < -0.39 is 6.09 Å². The van der Waals surface area contributed by atoms with E-state index in [1.807, 2.05) is 31.2 Å². The molecule has 4 heteroatoms. The van der Waals surface area contributed by atoms with E-state index in [0.717, 1.165) is 16.5 Å². The van der Waals surface area contributed by atoms with Gasteiger partial charge in [0.15, 0.2) is 0 Å². The maximum Gasteiger partial charge on any atom is 0.416 e. The van der Waals surface area contributed by atoms with Gasteiger partial charge in [0, 0.05) is 5.39 Å². The van der Waals surface area contributed by atoms with Crippen LogP contribution in [0, 0.1) is 18.3 Å². The van der Waals surface area contributed by atoms with E-state index in [0.29, 0.717) is 16.8 Å². The lowest BCUT2D eigenvalue weighted by Crippen LogP contribution is -2.08. The molecular formula is C17H12N2O2. The Morgan fingerprint density at radius 3 is 2.48 bits per heavy atom. The summed E-state index contributed by atoms with van der Waals surface area (Å²) in [5, 5.41) is 19.2. The predicted octanol–water partition coefficient (Wildman–Crippen LogP) is 4.01. The molecule has 4 nitrogen and oxygen atoms in total. The van der Waals surface area contributed by atoms with Gasteiger partial charge in [-0.25, -0.2) is 9.36 Å². The van der Waals surface area contributed by atoms with Crippen molar-refractivity contribution in [1.82, 2.24) is 4.57 Å². The van der Waals surface area contributed by atoms with E-state index in [-0.39, 0.29) is 0 Å². The summed E-state index contributed by atoms with van der Waals surface area (Å²) in [6.07, 6.45) is -1.02. The number of aromatic nitrogens is 1. The lowest BCUT2D eigenvalue weighted by molar-refractivity contribution is 0.198. The normalized spacial score (nSPS) is 10.5. The number of benzene rings is 2. The first-order chi connectivity index (χ1) is 10.1. The first-order valence-electron chi connectivity index (χ1n) is 6.46. The minimum Gasteiger partial charge on any atom is -0.464 e. The monoisotopic (exact) mass is 276 g/mol. The minimum absolute atomic E-state index is 0.549. The van der Waals surface area contributed by atoms with Gasteiger partial charge in [0.05, 0.1) is 22.8 Å². The number of carboxylic acid groups (broad SMARTS) is 1. The molecule has 1 N–H and O–H groups in total. The molecule has 0 saturated heterocycles. The number of nitriles is 1. The molecule has 1 heterocycles. The van der Waals surface area contributed by atoms with E-state index in [1.165, 1.54) is 4.57 Å². The van der Waals surface area contributed by atoms with Gasteiger partial charge in [0.1, 0.15) is 0 Å². The van der Waals surface area contributed by atoms with Crippen molar-refractivity contribution in [3.05, 3.63) is 59.7 Å². The number of hydrogen-bond donors (Lipinski definition) is 1. The van der Waals surface area contributed by atoms with Crippen LogP contribution in [0.25, 0.3) is 22.2 Å². The highest BCUT2D eigenvalue weighted by Gasteiger charge is 2.15. The first-order valence-corrected chi connectivity index (χ1v) is 6.46.